The molecule has 2 fully saturated rings. The molecule has 2 aliphatic heterocycles. The summed E-state index contributed by atoms with van der Waals surface area (Å²) in [5.41, 5.74) is 0. The van der Waals surface area contributed by atoms with Gasteiger partial charge in [-0.1, -0.05) is 0 Å². The second-order valence-corrected chi connectivity index (χ2v) is 5.85. The van der Waals surface area contributed by atoms with Crippen molar-refractivity contribution in [3.63, 3.8) is 0 Å². The van der Waals surface area contributed by atoms with Crippen LogP contribution >= 0.6 is 0 Å². The maximum absolute atomic E-state index is 12.2. The van der Waals surface area contributed by atoms with E-state index < -0.39 is 18.8 Å². The Hall–Kier alpha value is -1.35. The molecule has 2 amide bonds. The van der Waals surface area contributed by atoms with Gasteiger partial charge in [-0.25, -0.2) is 0 Å². The van der Waals surface area contributed by atoms with E-state index >= 15 is 0 Å². The molecule has 6 nitrogen and oxygen atoms in total. The lowest BCUT2D eigenvalue weighted by atomic mass is 10.2. The number of hydrogen-bond acceptors (Lipinski definition) is 4. The normalized spacial score (nSPS) is 23.2. The minimum atomic E-state index is -4.28. The molecule has 132 valence electrons. The third-order valence-corrected chi connectivity index (χ3v) is 4.01. The second-order valence-electron chi connectivity index (χ2n) is 5.85. The molecule has 23 heavy (non-hydrogen) atoms. The summed E-state index contributed by atoms with van der Waals surface area (Å²) in [5.74, 6) is -0.121. The Bertz CT molecular complexity index is 423. The van der Waals surface area contributed by atoms with Crippen molar-refractivity contribution in [1.82, 2.24) is 15.1 Å². The summed E-state index contributed by atoms with van der Waals surface area (Å²) in [4.78, 5) is 27.2. The fourth-order valence-electron chi connectivity index (χ4n) is 2.79. The van der Waals surface area contributed by atoms with Crippen LogP contribution in [-0.2, 0) is 14.3 Å². The first kappa shape index (κ1) is 18.0. The minimum absolute atomic E-state index is 0.0380. The number of carbonyl (C=O) groups is 2. The zero-order valence-corrected chi connectivity index (χ0v) is 12.9. The van der Waals surface area contributed by atoms with Crippen LogP contribution in [0.4, 0.5) is 13.2 Å². The van der Waals surface area contributed by atoms with E-state index in [-0.39, 0.29) is 18.4 Å². The molecule has 1 unspecified atom stereocenters. The van der Waals surface area contributed by atoms with Crippen molar-refractivity contribution in [3.8, 4) is 0 Å². The fraction of sp³-hybridized carbons (Fsp3) is 0.857. The van der Waals surface area contributed by atoms with Gasteiger partial charge in [0.2, 0.25) is 11.8 Å². The van der Waals surface area contributed by atoms with Crippen molar-refractivity contribution in [1.29, 1.82) is 0 Å². The van der Waals surface area contributed by atoms with Gasteiger partial charge < -0.3 is 15.0 Å². The van der Waals surface area contributed by atoms with Crippen molar-refractivity contribution in [2.24, 2.45) is 0 Å². The average Bonchev–Trinajstić information content (AvgIpc) is 2.92. The molecule has 0 spiro atoms. The van der Waals surface area contributed by atoms with Crippen LogP contribution in [0, 0.1) is 0 Å². The minimum Gasteiger partial charge on any atom is -0.372 e. The molecule has 2 heterocycles. The number of ether oxygens (including phenoxy) is 1. The quantitative estimate of drug-likeness (QED) is 0.712. The highest BCUT2D eigenvalue weighted by Crippen LogP contribution is 2.15. The highest BCUT2D eigenvalue weighted by molar-refractivity contribution is 5.90. The van der Waals surface area contributed by atoms with Crippen LogP contribution in [-0.4, -0.2) is 79.8 Å². The van der Waals surface area contributed by atoms with E-state index in [1.165, 1.54) is 0 Å². The first-order valence-electron chi connectivity index (χ1n) is 7.80. The van der Waals surface area contributed by atoms with Gasteiger partial charge in [0.25, 0.3) is 0 Å². The second kappa shape index (κ2) is 7.96. The van der Waals surface area contributed by atoms with E-state index in [0.29, 0.717) is 52.0 Å². The van der Waals surface area contributed by atoms with E-state index in [9.17, 15) is 22.8 Å². The zero-order chi connectivity index (χ0) is 16.9. The Morgan fingerprint density at radius 2 is 1.96 bits per heavy atom. The molecule has 0 bridgehead atoms. The summed E-state index contributed by atoms with van der Waals surface area (Å²) in [7, 11) is 0. The predicted molar refractivity (Wildman–Crippen MR) is 75.7 cm³/mol. The van der Waals surface area contributed by atoms with Crippen molar-refractivity contribution >= 4 is 11.8 Å². The van der Waals surface area contributed by atoms with Crippen LogP contribution < -0.4 is 5.32 Å². The molecule has 0 aromatic carbocycles. The Morgan fingerprint density at radius 1 is 1.26 bits per heavy atom. The topological polar surface area (TPSA) is 61.9 Å². The number of nitrogens with zero attached hydrogens (tertiary/aromatic N) is 2. The van der Waals surface area contributed by atoms with Crippen LogP contribution in [0.1, 0.15) is 19.3 Å². The largest absolute Gasteiger partial charge is 0.411 e. The highest BCUT2D eigenvalue weighted by Gasteiger charge is 2.32. The lowest BCUT2D eigenvalue weighted by molar-refractivity contribution is -0.174. The van der Waals surface area contributed by atoms with Crippen LogP contribution in [0.3, 0.4) is 0 Å². The van der Waals surface area contributed by atoms with Gasteiger partial charge in [0.1, 0.15) is 12.6 Å². The molecular weight excluding hydrogens is 315 g/mol. The molecule has 1 N–H and O–H groups in total. The van der Waals surface area contributed by atoms with Crippen molar-refractivity contribution in [3.05, 3.63) is 0 Å². The summed E-state index contributed by atoms with van der Waals surface area (Å²) < 4.78 is 40.3. The highest BCUT2D eigenvalue weighted by atomic mass is 19.4. The van der Waals surface area contributed by atoms with Crippen LogP contribution in [0.25, 0.3) is 0 Å². The first-order chi connectivity index (χ1) is 10.8. The van der Waals surface area contributed by atoms with E-state index in [0.717, 1.165) is 0 Å². The Kier molecular flexibility index (Phi) is 6.23. The number of piperazine rings is 1. The van der Waals surface area contributed by atoms with Gasteiger partial charge in [-0.15, -0.1) is 0 Å². The Balaban J connectivity index is 1.59. The average molecular weight is 337 g/mol. The SMILES string of the molecule is O=C1CCC(C(=O)N2CCN(CCCOCC(F)(F)F)CC2)N1. The zero-order valence-electron chi connectivity index (χ0n) is 12.9. The van der Waals surface area contributed by atoms with Gasteiger partial charge in [0, 0.05) is 45.8 Å². The molecule has 0 aliphatic carbocycles. The van der Waals surface area contributed by atoms with Gasteiger partial charge in [-0.05, 0) is 12.8 Å². The molecule has 2 rings (SSSR count). The summed E-state index contributed by atoms with van der Waals surface area (Å²) >= 11 is 0. The predicted octanol–water partition coefficient (Wildman–Crippen LogP) is 0.378. The molecule has 0 radical (unpaired) electrons. The van der Waals surface area contributed by atoms with Gasteiger partial charge in [-0.3, -0.25) is 14.5 Å². The monoisotopic (exact) mass is 337 g/mol. The number of hydrogen-bond donors (Lipinski definition) is 1. The molecule has 2 saturated heterocycles. The summed E-state index contributed by atoms with van der Waals surface area (Å²) in [6.45, 7) is 2.05. The number of halogens is 3. The lowest BCUT2D eigenvalue weighted by Gasteiger charge is -2.35. The van der Waals surface area contributed by atoms with Gasteiger partial charge in [0.15, 0.2) is 0 Å². The van der Waals surface area contributed by atoms with E-state index in [1.807, 2.05) is 0 Å². The molecule has 0 aromatic rings. The summed E-state index contributed by atoms with van der Waals surface area (Å²) in [6, 6.07) is -0.398. The van der Waals surface area contributed by atoms with Crippen LogP contribution in [0.5, 0.6) is 0 Å². The van der Waals surface area contributed by atoms with Crippen LogP contribution in [0.15, 0.2) is 0 Å². The number of carbonyl (C=O) groups excluding carboxylic acids is 2. The maximum Gasteiger partial charge on any atom is 0.411 e. The first-order valence-corrected chi connectivity index (χ1v) is 7.80. The number of alkyl halides is 3. The number of nitrogens with one attached hydrogen (secondary N) is 1. The van der Waals surface area contributed by atoms with Crippen molar-refractivity contribution in [2.45, 2.75) is 31.5 Å². The summed E-state index contributed by atoms with van der Waals surface area (Å²) in [6.07, 6.45) is -2.80. The van der Waals surface area contributed by atoms with Crippen molar-refractivity contribution in [2.75, 3.05) is 45.9 Å². The maximum atomic E-state index is 12.2. The smallest absolute Gasteiger partial charge is 0.372 e. The van der Waals surface area contributed by atoms with E-state index in [2.05, 4.69) is 15.0 Å². The number of amides is 2. The van der Waals surface area contributed by atoms with E-state index in [1.54, 1.807) is 4.90 Å². The third-order valence-electron chi connectivity index (χ3n) is 4.01. The van der Waals surface area contributed by atoms with E-state index in [4.69, 9.17) is 0 Å². The third kappa shape index (κ3) is 5.98. The Morgan fingerprint density at radius 3 is 2.52 bits per heavy atom. The van der Waals surface area contributed by atoms with Gasteiger partial charge in [0.05, 0.1) is 0 Å². The van der Waals surface area contributed by atoms with Crippen molar-refractivity contribution < 1.29 is 27.5 Å². The summed E-state index contributed by atoms with van der Waals surface area (Å²) in [5, 5.41) is 2.67. The standard InChI is InChI=1S/C14H22F3N3O3/c15-14(16,17)10-23-9-1-4-19-5-7-20(8-6-19)13(22)11-2-3-12(21)18-11/h11H,1-10H2,(H,18,21). The molecule has 1 atom stereocenters. The molecule has 0 aromatic heterocycles. The molecule has 0 saturated carbocycles. The van der Waals surface area contributed by atoms with Gasteiger partial charge in [-0.2, -0.15) is 13.2 Å². The Labute approximate surface area is 132 Å². The lowest BCUT2D eigenvalue weighted by Crippen LogP contribution is -2.53. The molecule has 9 heteroatoms. The fourth-order valence-corrected chi connectivity index (χ4v) is 2.79. The van der Waals surface area contributed by atoms with Crippen LogP contribution in [0.2, 0.25) is 0 Å². The number of rotatable bonds is 6. The van der Waals surface area contributed by atoms with Gasteiger partial charge >= 0.3 is 6.18 Å². The molecule has 2 aliphatic rings. The molecular formula is C14H22F3N3O3.